The Morgan fingerprint density at radius 1 is 0.688 bits per heavy atom. The van der Waals surface area contributed by atoms with Crippen molar-refractivity contribution >= 4 is 23.2 Å². The topological polar surface area (TPSA) is 0 Å². The van der Waals surface area contributed by atoms with E-state index in [1.165, 1.54) is 0 Å². The van der Waals surface area contributed by atoms with Crippen LogP contribution < -0.4 is 24.8 Å². The van der Waals surface area contributed by atoms with E-state index < -0.39 is 21.9 Å². The molecule has 16 heavy (non-hydrogen) atoms. The van der Waals surface area contributed by atoms with Crippen molar-refractivity contribution in [3.8, 4) is 0 Å². The molecular weight excluding hydrogens is 314 g/mol. The largest absolute Gasteiger partial charge is 1.00 e. The minimum absolute atomic E-state index is 0. The van der Waals surface area contributed by atoms with Crippen LogP contribution in [-0.2, 0) is 10.8 Å². The molecule has 0 radical (unpaired) electrons. The van der Waals surface area contributed by atoms with Crippen LogP contribution in [-0.4, -0.2) is 0 Å². The zero-order valence-electron chi connectivity index (χ0n) is 7.33. The maximum Gasteiger partial charge on any atom is 0.348 e. The smallest absolute Gasteiger partial charge is 0.348 e. The fourth-order valence-electron chi connectivity index (χ4n) is 0.848. The van der Waals surface area contributed by atoms with Crippen molar-refractivity contribution in [1.82, 2.24) is 0 Å². The molecule has 1 aromatic rings. The standard InChI is InChI=1S/C8H4Cl2F4.2ClH/c9-7(11,12)5-1-2-6(4-3-5)8(10,13)14;;/h1-4H;2*1H/p-2. The molecule has 0 unspecified atom stereocenters. The maximum atomic E-state index is 12.4. The molecule has 8 heteroatoms. The molecule has 94 valence electrons. The number of hydrogen-bond donors (Lipinski definition) is 0. The van der Waals surface area contributed by atoms with Crippen molar-refractivity contribution in [2.75, 3.05) is 0 Å². The third kappa shape index (κ3) is 4.95. The van der Waals surface area contributed by atoms with Gasteiger partial charge in [0, 0.05) is 11.1 Å². The minimum Gasteiger partial charge on any atom is -1.00 e. The second kappa shape index (κ2) is 6.15. The van der Waals surface area contributed by atoms with Crippen molar-refractivity contribution in [3.63, 3.8) is 0 Å². The maximum absolute atomic E-state index is 12.4. The van der Waals surface area contributed by atoms with Crippen molar-refractivity contribution < 1.29 is 42.4 Å². The molecule has 0 aliphatic rings. The fourth-order valence-corrected chi connectivity index (χ4v) is 1.10. The molecule has 0 atom stereocenters. The summed E-state index contributed by atoms with van der Waals surface area (Å²) < 4.78 is 49.7. The second-order valence-corrected chi connectivity index (χ2v) is 3.52. The molecule has 0 aromatic heterocycles. The lowest BCUT2D eigenvalue weighted by Crippen LogP contribution is -3.00. The fraction of sp³-hybridized carbons (Fsp3) is 0.250. The van der Waals surface area contributed by atoms with E-state index in [1.807, 2.05) is 0 Å². The van der Waals surface area contributed by atoms with Gasteiger partial charge in [-0.2, -0.15) is 17.6 Å². The third-order valence-electron chi connectivity index (χ3n) is 1.54. The Labute approximate surface area is 112 Å². The predicted octanol–water partition coefficient (Wildman–Crippen LogP) is -1.73. The summed E-state index contributed by atoms with van der Waals surface area (Å²) in [6.45, 7) is 0. The Morgan fingerprint density at radius 3 is 1.00 bits per heavy atom. The second-order valence-electron chi connectivity index (χ2n) is 2.57. The zero-order valence-corrected chi connectivity index (χ0v) is 10.4. The van der Waals surface area contributed by atoms with Crippen LogP contribution in [0.5, 0.6) is 0 Å². The van der Waals surface area contributed by atoms with Crippen LogP contribution in [0.2, 0.25) is 0 Å². The summed E-state index contributed by atoms with van der Waals surface area (Å²) in [6, 6.07) is 3.22. The van der Waals surface area contributed by atoms with E-state index in [4.69, 9.17) is 0 Å². The highest BCUT2D eigenvalue weighted by atomic mass is 35.5. The van der Waals surface area contributed by atoms with Gasteiger partial charge in [0.15, 0.2) is 0 Å². The van der Waals surface area contributed by atoms with Gasteiger partial charge >= 0.3 is 10.8 Å². The zero-order chi connectivity index (χ0) is 11.0. The van der Waals surface area contributed by atoms with Gasteiger partial charge in [0.25, 0.3) is 0 Å². The lowest BCUT2D eigenvalue weighted by molar-refractivity contribution is -0.00100. The van der Waals surface area contributed by atoms with Crippen LogP contribution in [0.15, 0.2) is 24.3 Å². The van der Waals surface area contributed by atoms with E-state index in [9.17, 15) is 17.6 Å². The summed E-state index contributed by atoms with van der Waals surface area (Å²) >= 11 is 9.34. The Bertz CT molecular complexity index is 281. The summed E-state index contributed by atoms with van der Waals surface area (Å²) in [5.41, 5.74) is -1.10. The van der Waals surface area contributed by atoms with Gasteiger partial charge in [-0.15, -0.1) is 0 Å². The van der Waals surface area contributed by atoms with E-state index in [-0.39, 0.29) is 24.8 Å². The molecule has 0 aliphatic heterocycles. The molecule has 0 saturated carbocycles. The first kappa shape index (κ1) is 18.5. The quantitative estimate of drug-likeness (QED) is 0.449. The highest BCUT2D eigenvalue weighted by Crippen LogP contribution is 2.36. The monoisotopic (exact) mass is 316 g/mol. The lowest BCUT2D eigenvalue weighted by atomic mass is 10.1. The summed E-state index contributed by atoms with van der Waals surface area (Å²) in [5, 5.41) is -7.11. The highest BCUT2D eigenvalue weighted by molar-refractivity contribution is 6.22. The van der Waals surface area contributed by atoms with Crippen LogP contribution in [0.1, 0.15) is 11.1 Å². The Kier molecular flexibility index (Phi) is 7.09. The average Bonchev–Trinajstić information content (AvgIpc) is 2.01. The molecule has 1 aromatic carbocycles. The molecule has 0 amide bonds. The van der Waals surface area contributed by atoms with Gasteiger partial charge in [-0.25, -0.2) is 0 Å². The molecule has 0 bridgehead atoms. The average molecular weight is 318 g/mol. The molecule has 0 nitrogen and oxygen atoms in total. The summed E-state index contributed by atoms with van der Waals surface area (Å²) in [6.07, 6.45) is 0. The third-order valence-corrected chi connectivity index (χ3v) is 1.98. The molecule has 0 saturated heterocycles. The molecule has 0 spiro atoms. The number of alkyl halides is 6. The van der Waals surface area contributed by atoms with E-state index >= 15 is 0 Å². The summed E-state index contributed by atoms with van der Waals surface area (Å²) in [4.78, 5) is 0. The number of benzene rings is 1. The van der Waals surface area contributed by atoms with Crippen molar-refractivity contribution in [2.24, 2.45) is 0 Å². The van der Waals surface area contributed by atoms with E-state index in [0.717, 1.165) is 24.3 Å². The Morgan fingerprint density at radius 2 is 0.875 bits per heavy atom. The van der Waals surface area contributed by atoms with Gasteiger partial charge in [-0.05, 0) is 23.2 Å². The Balaban J connectivity index is 0. The first-order valence-corrected chi connectivity index (χ1v) is 4.21. The Hall–Kier alpha value is 0.1000. The first-order chi connectivity index (χ1) is 6.21. The normalized spacial score (nSPS) is 11.4. The van der Waals surface area contributed by atoms with E-state index in [2.05, 4.69) is 23.2 Å². The van der Waals surface area contributed by atoms with Crippen molar-refractivity contribution in [2.45, 2.75) is 10.8 Å². The SMILES string of the molecule is FC(F)(Cl)c1ccc(C(F)(F)Cl)cc1.[Cl-].[Cl-]. The molecule has 0 fully saturated rings. The molecule has 0 N–H and O–H groups in total. The van der Waals surface area contributed by atoms with E-state index in [0.29, 0.717) is 0 Å². The van der Waals surface area contributed by atoms with Crippen LogP contribution in [0.3, 0.4) is 0 Å². The van der Waals surface area contributed by atoms with E-state index in [1.54, 1.807) is 0 Å². The van der Waals surface area contributed by atoms with Crippen LogP contribution >= 0.6 is 23.2 Å². The molecule has 0 aliphatic carbocycles. The number of rotatable bonds is 2. The van der Waals surface area contributed by atoms with Gasteiger partial charge in [0.05, 0.1) is 0 Å². The molecular formula is C8H4Cl4F4-2. The number of halogens is 8. The van der Waals surface area contributed by atoms with Crippen LogP contribution in [0.25, 0.3) is 0 Å². The predicted molar refractivity (Wildman–Crippen MR) is 45.9 cm³/mol. The molecule has 0 heterocycles. The van der Waals surface area contributed by atoms with Crippen LogP contribution in [0, 0.1) is 0 Å². The molecule has 1 rings (SSSR count). The summed E-state index contributed by atoms with van der Waals surface area (Å²) in [7, 11) is 0. The highest BCUT2D eigenvalue weighted by Gasteiger charge is 2.31. The van der Waals surface area contributed by atoms with Gasteiger partial charge in [0.2, 0.25) is 0 Å². The minimum atomic E-state index is -3.56. The summed E-state index contributed by atoms with van der Waals surface area (Å²) in [5.74, 6) is 0. The van der Waals surface area contributed by atoms with Gasteiger partial charge < -0.3 is 24.8 Å². The van der Waals surface area contributed by atoms with Gasteiger partial charge in [-0.3, -0.25) is 0 Å². The van der Waals surface area contributed by atoms with Gasteiger partial charge in [-0.1, -0.05) is 24.3 Å². The first-order valence-electron chi connectivity index (χ1n) is 3.46. The van der Waals surface area contributed by atoms with Crippen molar-refractivity contribution in [3.05, 3.63) is 35.4 Å². The van der Waals surface area contributed by atoms with Crippen molar-refractivity contribution in [1.29, 1.82) is 0 Å². The number of hydrogen-bond acceptors (Lipinski definition) is 0. The lowest BCUT2D eigenvalue weighted by Gasteiger charge is -2.11. The van der Waals surface area contributed by atoms with Gasteiger partial charge in [0.1, 0.15) is 0 Å². The van der Waals surface area contributed by atoms with Crippen LogP contribution in [0.4, 0.5) is 17.6 Å².